The highest BCUT2D eigenvalue weighted by Gasteiger charge is 2.40. The fourth-order valence-corrected chi connectivity index (χ4v) is 1.25. The quantitative estimate of drug-likeness (QED) is 0.659. The molecule has 1 fully saturated rings. The van der Waals surface area contributed by atoms with Gasteiger partial charge >= 0.3 is 5.97 Å². The number of aliphatic hydroxyl groups is 1. The van der Waals surface area contributed by atoms with Gasteiger partial charge in [-0.3, -0.25) is 0 Å². The van der Waals surface area contributed by atoms with Crippen LogP contribution in [0.15, 0.2) is 0 Å². The molecule has 1 aliphatic heterocycles. The smallest absolute Gasteiger partial charge is 0.337 e. The van der Waals surface area contributed by atoms with E-state index in [1.807, 2.05) is 0 Å². The molecular weight excluding hydrogens is 188 g/mol. The zero-order valence-corrected chi connectivity index (χ0v) is 8.65. The lowest BCUT2D eigenvalue weighted by Gasteiger charge is -2.19. The Hall–Kier alpha value is -0.650. The maximum absolute atomic E-state index is 11.1. The van der Waals surface area contributed by atoms with Crippen LogP contribution in [-0.4, -0.2) is 42.3 Å². The molecule has 0 spiro atoms. The third-order valence-electron chi connectivity index (χ3n) is 1.91. The van der Waals surface area contributed by atoms with E-state index in [1.54, 1.807) is 20.8 Å². The Bertz CT molecular complexity index is 213. The van der Waals surface area contributed by atoms with Gasteiger partial charge in [0.2, 0.25) is 0 Å². The van der Waals surface area contributed by atoms with Crippen molar-refractivity contribution < 1.29 is 24.1 Å². The highest BCUT2D eigenvalue weighted by molar-refractivity contribution is 5.75. The number of ether oxygens (including phenoxy) is 3. The molecule has 0 aromatic rings. The van der Waals surface area contributed by atoms with Crippen LogP contribution in [-0.2, 0) is 19.0 Å². The lowest BCUT2D eigenvalue weighted by molar-refractivity contribution is -0.172. The van der Waals surface area contributed by atoms with Crippen LogP contribution in [0.25, 0.3) is 0 Å². The average molecular weight is 204 g/mol. The second kappa shape index (κ2) is 4.25. The summed E-state index contributed by atoms with van der Waals surface area (Å²) in [4.78, 5) is 11.1. The van der Waals surface area contributed by atoms with Gasteiger partial charge in [-0.2, -0.15) is 0 Å². The Morgan fingerprint density at radius 3 is 2.79 bits per heavy atom. The number of carbonyl (C=O) groups excluding carboxylic acids is 1. The highest BCUT2D eigenvalue weighted by atomic mass is 16.7. The number of esters is 1. The van der Waals surface area contributed by atoms with Crippen molar-refractivity contribution in [3.05, 3.63) is 0 Å². The van der Waals surface area contributed by atoms with Crippen LogP contribution in [0.5, 0.6) is 0 Å². The van der Waals surface area contributed by atoms with E-state index in [0.717, 1.165) is 0 Å². The molecule has 1 N–H and O–H groups in total. The Labute approximate surface area is 82.9 Å². The number of hydrogen-bond donors (Lipinski definition) is 1. The van der Waals surface area contributed by atoms with Gasteiger partial charge in [0.1, 0.15) is 6.10 Å². The third kappa shape index (κ3) is 2.67. The van der Waals surface area contributed by atoms with Crippen molar-refractivity contribution in [2.45, 2.75) is 38.8 Å². The van der Waals surface area contributed by atoms with Crippen LogP contribution < -0.4 is 0 Å². The molecule has 14 heavy (non-hydrogen) atoms. The second-order valence-corrected chi connectivity index (χ2v) is 3.56. The minimum Gasteiger partial charge on any atom is -0.464 e. The molecule has 82 valence electrons. The molecule has 1 aliphatic rings. The van der Waals surface area contributed by atoms with Crippen LogP contribution in [0.3, 0.4) is 0 Å². The summed E-state index contributed by atoms with van der Waals surface area (Å²) in [6.07, 6.45) is -1.90. The van der Waals surface area contributed by atoms with Gasteiger partial charge in [0.05, 0.1) is 13.2 Å². The van der Waals surface area contributed by atoms with Gasteiger partial charge in [0, 0.05) is 0 Å². The monoisotopic (exact) mass is 204 g/mol. The first kappa shape index (κ1) is 11.4. The molecule has 0 aliphatic carbocycles. The molecule has 1 heterocycles. The maximum Gasteiger partial charge on any atom is 0.337 e. The van der Waals surface area contributed by atoms with Gasteiger partial charge in [0.25, 0.3) is 0 Å². The van der Waals surface area contributed by atoms with E-state index in [4.69, 9.17) is 9.47 Å². The Kier molecular flexibility index (Phi) is 3.47. The number of carbonyl (C=O) groups is 1. The van der Waals surface area contributed by atoms with Gasteiger partial charge in [-0.1, -0.05) is 0 Å². The summed E-state index contributed by atoms with van der Waals surface area (Å²) < 4.78 is 15.2. The van der Waals surface area contributed by atoms with Crippen molar-refractivity contribution in [1.29, 1.82) is 0 Å². The first-order chi connectivity index (χ1) is 6.46. The number of rotatable bonds is 3. The molecular formula is C9H16O5. The lowest BCUT2D eigenvalue weighted by atomic mass is 10.2. The van der Waals surface area contributed by atoms with Crippen molar-refractivity contribution in [1.82, 2.24) is 0 Å². The normalized spacial score (nSPS) is 27.3. The van der Waals surface area contributed by atoms with Crippen LogP contribution in [0.2, 0.25) is 0 Å². The minimum atomic E-state index is -1.27. The van der Waals surface area contributed by atoms with Crippen molar-refractivity contribution in [3.8, 4) is 0 Å². The first-order valence-corrected chi connectivity index (χ1v) is 4.63. The van der Waals surface area contributed by atoms with Gasteiger partial charge in [0.15, 0.2) is 11.9 Å². The molecule has 0 aromatic carbocycles. The summed E-state index contributed by atoms with van der Waals surface area (Å²) in [5.74, 6) is -1.41. The molecule has 1 saturated heterocycles. The van der Waals surface area contributed by atoms with Gasteiger partial charge in [-0.25, -0.2) is 4.79 Å². The van der Waals surface area contributed by atoms with E-state index in [-0.39, 0.29) is 13.2 Å². The minimum absolute atomic E-state index is 0.201. The van der Waals surface area contributed by atoms with E-state index >= 15 is 0 Å². The second-order valence-electron chi connectivity index (χ2n) is 3.56. The summed E-state index contributed by atoms with van der Waals surface area (Å²) in [5, 5.41) is 9.50. The molecule has 5 nitrogen and oxygen atoms in total. The van der Waals surface area contributed by atoms with Crippen molar-refractivity contribution in [2.24, 2.45) is 0 Å². The molecule has 0 saturated carbocycles. The average Bonchev–Trinajstić information content (AvgIpc) is 2.45. The number of aliphatic hydroxyl groups excluding tert-OH is 1. The largest absolute Gasteiger partial charge is 0.464 e. The third-order valence-corrected chi connectivity index (χ3v) is 1.91. The molecule has 0 amide bonds. The Morgan fingerprint density at radius 2 is 2.36 bits per heavy atom. The summed E-state index contributed by atoms with van der Waals surface area (Å²) in [6, 6.07) is 0. The van der Waals surface area contributed by atoms with E-state index in [9.17, 15) is 9.90 Å². The Balaban J connectivity index is 2.46. The number of hydrogen-bond acceptors (Lipinski definition) is 5. The van der Waals surface area contributed by atoms with E-state index < -0.39 is 24.0 Å². The predicted molar refractivity (Wildman–Crippen MR) is 47.5 cm³/mol. The first-order valence-electron chi connectivity index (χ1n) is 4.63. The van der Waals surface area contributed by atoms with Gasteiger partial charge in [-0.05, 0) is 20.8 Å². The standard InChI is InChI=1S/C9H16O5/c1-4-12-8(11)7(10)6-5-13-9(2,3)14-6/h6-7,10H,4-5H2,1-3H3/t6-,7+/m0/s1. The van der Waals surface area contributed by atoms with Crippen LogP contribution >= 0.6 is 0 Å². The van der Waals surface area contributed by atoms with Crippen molar-refractivity contribution >= 4 is 5.97 Å². The summed E-state index contributed by atoms with van der Waals surface area (Å²) in [7, 11) is 0. The fraction of sp³-hybridized carbons (Fsp3) is 0.889. The van der Waals surface area contributed by atoms with E-state index in [2.05, 4.69) is 4.74 Å². The zero-order chi connectivity index (χ0) is 10.8. The molecule has 0 aromatic heterocycles. The van der Waals surface area contributed by atoms with Gasteiger partial charge < -0.3 is 19.3 Å². The maximum atomic E-state index is 11.1. The van der Waals surface area contributed by atoms with E-state index in [1.165, 1.54) is 0 Å². The van der Waals surface area contributed by atoms with Crippen molar-refractivity contribution in [2.75, 3.05) is 13.2 Å². The molecule has 0 bridgehead atoms. The molecule has 1 rings (SSSR count). The highest BCUT2D eigenvalue weighted by Crippen LogP contribution is 2.24. The molecule has 0 unspecified atom stereocenters. The molecule has 5 heteroatoms. The summed E-state index contributed by atoms with van der Waals surface area (Å²) >= 11 is 0. The van der Waals surface area contributed by atoms with E-state index in [0.29, 0.717) is 0 Å². The topological polar surface area (TPSA) is 65.0 Å². The van der Waals surface area contributed by atoms with Gasteiger partial charge in [-0.15, -0.1) is 0 Å². The summed E-state index contributed by atoms with van der Waals surface area (Å²) in [5.41, 5.74) is 0. The Morgan fingerprint density at radius 1 is 1.71 bits per heavy atom. The zero-order valence-electron chi connectivity index (χ0n) is 8.65. The lowest BCUT2D eigenvalue weighted by Crippen LogP contribution is -2.38. The molecule has 0 radical (unpaired) electrons. The fourth-order valence-electron chi connectivity index (χ4n) is 1.25. The SMILES string of the molecule is CCOC(=O)[C@H](O)[C@@H]1COC(C)(C)O1. The predicted octanol–water partition coefficient (Wildman–Crippen LogP) is 0.0619. The van der Waals surface area contributed by atoms with Crippen LogP contribution in [0.1, 0.15) is 20.8 Å². The summed E-state index contributed by atoms with van der Waals surface area (Å²) in [6.45, 7) is 5.58. The molecule has 2 atom stereocenters. The van der Waals surface area contributed by atoms with Crippen LogP contribution in [0, 0.1) is 0 Å². The van der Waals surface area contributed by atoms with Crippen molar-refractivity contribution in [3.63, 3.8) is 0 Å². The van der Waals surface area contributed by atoms with Crippen LogP contribution in [0.4, 0.5) is 0 Å².